The molecule has 0 heterocycles. The van der Waals surface area contributed by atoms with Gasteiger partial charge in [0.25, 0.3) is 0 Å². The van der Waals surface area contributed by atoms with Crippen molar-refractivity contribution < 1.29 is 19.2 Å². The molecule has 0 aliphatic rings. The Balaban J connectivity index is 5.81. The maximum absolute atomic E-state index is 13.2. The molecule has 2 N–H and O–H groups in total. The molecule has 0 bridgehead atoms. The molecular weight excluding hydrogens is 380 g/mol. The summed E-state index contributed by atoms with van der Waals surface area (Å²) < 4.78 is 0. The maximum atomic E-state index is 13.2. The predicted octanol–water partition coefficient (Wildman–Crippen LogP) is 3.85. The highest BCUT2D eigenvalue weighted by Crippen LogP contribution is 2.24. The molecule has 0 saturated heterocycles. The predicted molar refractivity (Wildman–Crippen MR) is 121 cm³/mol. The zero-order valence-corrected chi connectivity index (χ0v) is 21.2. The van der Waals surface area contributed by atoms with Crippen LogP contribution in [0.5, 0.6) is 0 Å². The number of amides is 1. The van der Waals surface area contributed by atoms with Gasteiger partial charge in [0.1, 0.15) is 11.6 Å². The molecule has 0 fully saturated rings. The van der Waals surface area contributed by atoms with E-state index in [0.29, 0.717) is 0 Å². The third-order valence-electron chi connectivity index (χ3n) is 4.75. The normalized spacial score (nSPS) is 15.3. The molecule has 0 spiro atoms. The summed E-state index contributed by atoms with van der Waals surface area (Å²) in [5.41, 5.74) is -2.33. The number of ketones is 3. The monoisotopic (exact) mass is 424 g/mol. The minimum Gasteiger partial charge on any atom is -0.344 e. The molecule has 6 nitrogen and oxygen atoms in total. The highest BCUT2D eigenvalue weighted by molar-refractivity contribution is 5.99. The average molecular weight is 425 g/mol. The van der Waals surface area contributed by atoms with Gasteiger partial charge in [0.15, 0.2) is 5.78 Å². The lowest BCUT2D eigenvalue weighted by atomic mass is 9.80. The fourth-order valence-electron chi connectivity index (χ4n) is 2.72. The minimum atomic E-state index is -0.932. The number of hydrogen-bond acceptors (Lipinski definition) is 5. The third kappa shape index (κ3) is 9.96. The van der Waals surface area contributed by atoms with Crippen molar-refractivity contribution in [2.45, 2.75) is 114 Å². The first-order chi connectivity index (χ1) is 13.1. The molecule has 0 aliphatic heterocycles. The van der Waals surface area contributed by atoms with Crippen LogP contribution in [0.25, 0.3) is 0 Å². The average Bonchev–Trinajstić information content (AvgIpc) is 2.48. The lowest BCUT2D eigenvalue weighted by Gasteiger charge is -2.32. The van der Waals surface area contributed by atoms with Crippen LogP contribution in [0.2, 0.25) is 0 Å². The molecule has 1 amide bonds. The number of hydrogen-bond donors (Lipinski definition) is 2. The fourth-order valence-corrected chi connectivity index (χ4v) is 2.72. The van der Waals surface area contributed by atoms with E-state index in [-0.39, 0.29) is 30.2 Å². The smallest absolute Gasteiger partial charge is 0.238 e. The molecule has 2 unspecified atom stereocenters. The van der Waals surface area contributed by atoms with Crippen molar-refractivity contribution in [3.8, 4) is 0 Å². The lowest BCUT2D eigenvalue weighted by Crippen LogP contribution is -2.57. The van der Waals surface area contributed by atoms with E-state index in [1.54, 1.807) is 41.5 Å². The summed E-state index contributed by atoms with van der Waals surface area (Å²) in [6, 6.07) is -1.73. The van der Waals surface area contributed by atoms with Crippen LogP contribution in [0.4, 0.5) is 0 Å². The van der Waals surface area contributed by atoms with Gasteiger partial charge in [0, 0.05) is 34.6 Å². The Hall–Kier alpha value is -1.56. The van der Waals surface area contributed by atoms with Crippen LogP contribution in [0, 0.1) is 16.2 Å². The molecule has 174 valence electrons. The number of nitrogens with one attached hydrogen (secondary N) is 2. The number of carbonyl (C=O) groups excluding carboxylic acids is 4. The molecule has 6 heteroatoms. The zero-order valence-electron chi connectivity index (χ0n) is 21.2. The van der Waals surface area contributed by atoms with Gasteiger partial charge in [-0.05, 0) is 20.8 Å². The molecule has 0 rings (SSSR count). The summed E-state index contributed by atoms with van der Waals surface area (Å²) in [5, 5.41) is 5.98. The van der Waals surface area contributed by atoms with Crippen molar-refractivity contribution in [2.75, 3.05) is 0 Å². The molecule has 0 aliphatic carbocycles. The molecule has 0 saturated carbocycles. The van der Waals surface area contributed by atoms with Crippen LogP contribution in [0.3, 0.4) is 0 Å². The summed E-state index contributed by atoms with van der Waals surface area (Å²) in [7, 11) is 0. The van der Waals surface area contributed by atoms with E-state index in [1.807, 2.05) is 41.5 Å². The Morgan fingerprint density at radius 1 is 0.600 bits per heavy atom. The van der Waals surface area contributed by atoms with Gasteiger partial charge in [-0.2, -0.15) is 0 Å². The van der Waals surface area contributed by atoms with Crippen molar-refractivity contribution in [2.24, 2.45) is 16.2 Å². The molecule has 0 aromatic rings. The van der Waals surface area contributed by atoms with Gasteiger partial charge < -0.3 is 10.6 Å². The minimum absolute atomic E-state index is 0.0102. The molecule has 30 heavy (non-hydrogen) atoms. The van der Waals surface area contributed by atoms with E-state index in [4.69, 9.17) is 0 Å². The van der Waals surface area contributed by atoms with Gasteiger partial charge in [0.05, 0.1) is 12.1 Å². The van der Waals surface area contributed by atoms with Crippen molar-refractivity contribution in [3.63, 3.8) is 0 Å². The maximum Gasteiger partial charge on any atom is 0.238 e. The van der Waals surface area contributed by atoms with Crippen LogP contribution < -0.4 is 10.6 Å². The highest BCUT2D eigenvalue weighted by Gasteiger charge is 2.37. The number of carbonyl (C=O) groups is 4. The number of Topliss-reactive ketones (excluding diaryl/α,β-unsaturated/α-hetero) is 3. The molecule has 0 aromatic heterocycles. The van der Waals surface area contributed by atoms with Gasteiger partial charge in [-0.3, -0.25) is 19.2 Å². The second kappa shape index (κ2) is 9.71. The van der Waals surface area contributed by atoms with Crippen molar-refractivity contribution >= 4 is 23.3 Å². The Kier molecular flexibility index (Phi) is 9.21. The first-order valence-corrected chi connectivity index (χ1v) is 10.7. The van der Waals surface area contributed by atoms with Gasteiger partial charge in [-0.15, -0.1) is 0 Å². The van der Waals surface area contributed by atoms with E-state index in [1.165, 1.54) is 0 Å². The zero-order chi connectivity index (χ0) is 24.3. The van der Waals surface area contributed by atoms with Gasteiger partial charge in [0.2, 0.25) is 5.91 Å². The second-order valence-corrected chi connectivity index (χ2v) is 12.4. The van der Waals surface area contributed by atoms with Crippen LogP contribution in [-0.4, -0.2) is 40.9 Å². The SMILES string of the molecule is CC(C)(C)NC(CC(=O)C(C)(C)C)C(=O)NC(CC(=O)C(C)(C)C)C(=O)C(C)(C)C. The number of rotatable bonds is 8. The quantitative estimate of drug-likeness (QED) is 0.617. The molecule has 2 atom stereocenters. The molecule has 0 aromatic carbocycles. The third-order valence-corrected chi connectivity index (χ3v) is 4.75. The summed E-state index contributed by atoms with van der Waals surface area (Å²) in [6.45, 7) is 21.9. The Morgan fingerprint density at radius 3 is 1.27 bits per heavy atom. The van der Waals surface area contributed by atoms with Crippen LogP contribution in [0.15, 0.2) is 0 Å². The van der Waals surface area contributed by atoms with Gasteiger partial charge in [-0.25, -0.2) is 0 Å². The Morgan fingerprint density at radius 2 is 0.967 bits per heavy atom. The summed E-state index contributed by atoms with van der Waals surface area (Å²) in [5.74, 6) is -0.794. The van der Waals surface area contributed by atoms with E-state index < -0.39 is 39.8 Å². The van der Waals surface area contributed by atoms with E-state index in [2.05, 4.69) is 10.6 Å². The van der Waals surface area contributed by atoms with Crippen LogP contribution in [-0.2, 0) is 19.2 Å². The lowest BCUT2D eigenvalue weighted by molar-refractivity contribution is -0.137. The topological polar surface area (TPSA) is 92.3 Å². The molecule has 0 radical (unpaired) electrons. The van der Waals surface area contributed by atoms with Crippen molar-refractivity contribution in [1.82, 2.24) is 10.6 Å². The summed E-state index contributed by atoms with van der Waals surface area (Å²) in [4.78, 5) is 51.4. The van der Waals surface area contributed by atoms with Gasteiger partial charge >= 0.3 is 0 Å². The van der Waals surface area contributed by atoms with E-state index >= 15 is 0 Å². The molecular formula is C24H44N2O4. The van der Waals surface area contributed by atoms with Crippen molar-refractivity contribution in [1.29, 1.82) is 0 Å². The first-order valence-electron chi connectivity index (χ1n) is 10.7. The second-order valence-electron chi connectivity index (χ2n) is 12.4. The van der Waals surface area contributed by atoms with Crippen molar-refractivity contribution in [3.05, 3.63) is 0 Å². The summed E-state index contributed by atoms with van der Waals surface area (Å²) >= 11 is 0. The fraction of sp³-hybridized carbons (Fsp3) is 0.833. The Bertz CT molecular complexity index is 653. The highest BCUT2D eigenvalue weighted by atomic mass is 16.2. The summed E-state index contributed by atoms with van der Waals surface area (Å²) in [6.07, 6.45) is -0.0585. The van der Waals surface area contributed by atoms with E-state index in [0.717, 1.165) is 0 Å². The first kappa shape index (κ1) is 28.4. The van der Waals surface area contributed by atoms with Gasteiger partial charge in [-0.1, -0.05) is 62.3 Å². The largest absolute Gasteiger partial charge is 0.344 e. The van der Waals surface area contributed by atoms with E-state index in [9.17, 15) is 19.2 Å². The Labute approximate surface area is 183 Å². The van der Waals surface area contributed by atoms with Crippen LogP contribution in [0.1, 0.15) is 95.9 Å². The van der Waals surface area contributed by atoms with Crippen LogP contribution >= 0.6 is 0 Å². The standard InChI is InChI=1S/C24H44N2O4/c1-21(2,3)17(27)13-15(19(29)23(7,8)9)25-20(30)16(26-24(10,11)12)14-18(28)22(4,5)6/h15-16,26H,13-14H2,1-12H3,(H,25,30).